The van der Waals surface area contributed by atoms with E-state index in [9.17, 15) is 53.8 Å². The quantitative estimate of drug-likeness (QED) is 0.0130. The third-order valence-corrected chi connectivity index (χ3v) is 13.0. The maximum Gasteiger partial charge on any atom is 0.472 e. The molecule has 382 valence electrons. The number of hydrogen-bond acceptors (Lipinski definition) is 13. The maximum absolute atomic E-state index is 13.0. The summed E-state index contributed by atoms with van der Waals surface area (Å²) in [6, 6.07) is 0. The Balaban J connectivity index is 2.56. The zero-order valence-corrected chi connectivity index (χ0v) is 41.5. The molecule has 1 saturated carbocycles. The van der Waals surface area contributed by atoms with Crippen LogP contribution in [0.5, 0.6) is 0 Å². The lowest BCUT2D eigenvalue weighted by Crippen LogP contribution is -2.64. The van der Waals surface area contributed by atoms with Gasteiger partial charge >= 0.3 is 27.6 Å². The number of allylic oxidation sites excluding steroid dienone is 4. The zero-order valence-electron chi connectivity index (χ0n) is 39.7. The van der Waals surface area contributed by atoms with Crippen molar-refractivity contribution in [3.63, 3.8) is 0 Å². The molecule has 1 fully saturated rings. The van der Waals surface area contributed by atoms with Gasteiger partial charge in [-0.2, -0.15) is 0 Å². The normalized spacial score (nSPS) is 21.8. The molecule has 0 aromatic carbocycles. The van der Waals surface area contributed by atoms with E-state index < -0.39 is 83.5 Å². The molecule has 8 atom stereocenters. The number of unbranched alkanes of at least 4 members (excludes halogenated alkanes) is 24. The smallest absolute Gasteiger partial charge is 0.462 e. The van der Waals surface area contributed by atoms with Crippen LogP contribution >= 0.6 is 15.6 Å². The summed E-state index contributed by atoms with van der Waals surface area (Å²) in [5.41, 5.74) is 0. The first kappa shape index (κ1) is 61.5. The molecule has 0 heterocycles. The van der Waals surface area contributed by atoms with Crippen molar-refractivity contribution in [1.29, 1.82) is 0 Å². The largest absolute Gasteiger partial charge is 0.472 e. The first-order chi connectivity index (χ1) is 31.1. The highest BCUT2D eigenvalue weighted by atomic mass is 31.2. The SMILES string of the molecule is CCCCCC=CCC=CCCCCCCCC(=O)OC(COC(=O)CCCCCCCCCCCCCCCCCCC)COP(=O)(O)OC1C(O)C(O)C(O)C(OP(=O)(O)O)C1O. The molecule has 0 aliphatic heterocycles. The fraction of sp³-hybridized carbons (Fsp3) is 0.872. The molecule has 0 saturated heterocycles. The second-order valence-electron chi connectivity index (χ2n) is 17.5. The van der Waals surface area contributed by atoms with Crippen molar-refractivity contribution in [3.05, 3.63) is 24.3 Å². The van der Waals surface area contributed by atoms with E-state index in [-0.39, 0.29) is 12.8 Å². The first-order valence-electron chi connectivity index (χ1n) is 24.9. The summed E-state index contributed by atoms with van der Waals surface area (Å²) in [5, 5.41) is 41.3. The third-order valence-electron chi connectivity index (χ3n) is 11.5. The summed E-state index contributed by atoms with van der Waals surface area (Å²) >= 11 is 0. The summed E-state index contributed by atoms with van der Waals surface area (Å²) < 4.78 is 49.4. The lowest BCUT2D eigenvalue weighted by Gasteiger charge is -2.43. The number of aliphatic hydroxyl groups excluding tert-OH is 4. The van der Waals surface area contributed by atoms with Crippen LogP contribution in [-0.4, -0.2) is 103 Å². The Kier molecular flexibility index (Phi) is 36.3. The highest BCUT2D eigenvalue weighted by Crippen LogP contribution is 2.49. The van der Waals surface area contributed by atoms with E-state index in [2.05, 4.69) is 42.7 Å². The monoisotopic (exact) mass is 971 g/mol. The van der Waals surface area contributed by atoms with Crippen LogP contribution in [0.25, 0.3) is 0 Å². The number of aliphatic hydroxyl groups is 4. The Morgan fingerprint density at radius 2 is 0.892 bits per heavy atom. The Hall–Kier alpha value is -1.52. The van der Waals surface area contributed by atoms with Gasteiger partial charge in [0.1, 0.15) is 43.2 Å². The van der Waals surface area contributed by atoms with Gasteiger partial charge in [-0.25, -0.2) is 9.13 Å². The van der Waals surface area contributed by atoms with Crippen LogP contribution in [0, 0.1) is 0 Å². The van der Waals surface area contributed by atoms with Crippen molar-refractivity contribution in [3.8, 4) is 0 Å². The van der Waals surface area contributed by atoms with Crippen LogP contribution in [0.2, 0.25) is 0 Å². The maximum atomic E-state index is 13.0. The summed E-state index contributed by atoms with van der Waals surface area (Å²) in [5.74, 6) is -1.21. The molecule has 0 aromatic rings. The highest BCUT2D eigenvalue weighted by Gasteiger charge is 2.54. The van der Waals surface area contributed by atoms with Crippen LogP contribution in [0.1, 0.15) is 206 Å². The van der Waals surface area contributed by atoms with E-state index in [0.29, 0.717) is 12.8 Å². The van der Waals surface area contributed by atoms with E-state index in [1.54, 1.807) is 0 Å². The molecule has 0 radical (unpaired) electrons. The summed E-state index contributed by atoms with van der Waals surface area (Å²) in [4.78, 5) is 54.3. The van der Waals surface area contributed by atoms with Crippen molar-refractivity contribution >= 4 is 27.6 Å². The predicted molar refractivity (Wildman–Crippen MR) is 251 cm³/mol. The topological polar surface area (TPSA) is 256 Å². The summed E-state index contributed by atoms with van der Waals surface area (Å²) in [7, 11) is -10.7. The Bertz CT molecular complexity index is 1360. The minimum Gasteiger partial charge on any atom is -0.462 e. The summed E-state index contributed by atoms with van der Waals surface area (Å²) in [6.07, 6.45) is 25.6. The van der Waals surface area contributed by atoms with Gasteiger partial charge in [0.15, 0.2) is 6.10 Å². The highest BCUT2D eigenvalue weighted by molar-refractivity contribution is 7.47. The molecule has 1 rings (SSSR count). The van der Waals surface area contributed by atoms with E-state index in [1.807, 2.05) is 0 Å². The number of rotatable bonds is 42. The Morgan fingerprint density at radius 1 is 0.492 bits per heavy atom. The number of phosphoric acid groups is 2. The molecule has 7 N–H and O–H groups in total. The van der Waals surface area contributed by atoms with Gasteiger partial charge in [-0.3, -0.25) is 23.2 Å². The van der Waals surface area contributed by atoms with Gasteiger partial charge in [0, 0.05) is 12.8 Å². The van der Waals surface area contributed by atoms with Crippen LogP contribution in [0.3, 0.4) is 0 Å². The minimum atomic E-state index is -5.36. The number of carbonyl (C=O) groups excluding carboxylic acids is 2. The molecule has 16 nitrogen and oxygen atoms in total. The van der Waals surface area contributed by atoms with Crippen LogP contribution in [-0.2, 0) is 41.8 Å². The Morgan fingerprint density at radius 3 is 1.37 bits per heavy atom. The molecule has 0 bridgehead atoms. The van der Waals surface area contributed by atoms with E-state index in [1.165, 1.54) is 96.3 Å². The average Bonchev–Trinajstić information content (AvgIpc) is 3.26. The molecule has 0 aromatic heterocycles. The number of ether oxygens (including phenoxy) is 2. The van der Waals surface area contributed by atoms with E-state index in [0.717, 1.165) is 70.6 Å². The average molecular weight is 971 g/mol. The van der Waals surface area contributed by atoms with Gasteiger partial charge in [0.25, 0.3) is 0 Å². The van der Waals surface area contributed by atoms with Crippen molar-refractivity contribution < 1.29 is 76.9 Å². The van der Waals surface area contributed by atoms with Gasteiger partial charge in [-0.1, -0.05) is 173 Å². The third kappa shape index (κ3) is 32.8. The van der Waals surface area contributed by atoms with Gasteiger partial charge in [0.05, 0.1) is 6.61 Å². The number of carbonyl (C=O) groups is 2. The minimum absolute atomic E-state index is 0.0309. The second kappa shape index (κ2) is 38.3. The molecule has 18 heteroatoms. The zero-order chi connectivity index (χ0) is 48.2. The van der Waals surface area contributed by atoms with Crippen molar-refractivity contribution in [2.24, 2.45) is 0 Å². The fourth-order valence-corrected chi connectivity index (χ4v) is 9.18. The first-order valence-corrected chi connectivity index (χ1v) is 27.9. The number of hydrogen-bond donors (Lipinski definition) is 7. The van der Waals surface area contributed by atoms with Crippen LogP contribution in [0.4, 0.5) is 0 Å². The van der Waals surface area contributed by atoms with Crippen molar-refractivity contribution in [2.45, 2.75) is 249 Å². The molecular formula is C47H88O16P2. The van der Waals surface area contributed by atoms with Gasteiger partial charge in [0.2, 0.25) is 0 Å². The molecular weight excluding hydrogens is 882 g/mol. The second-order valence-corrected chi connectivity index (χ2v) is 20.1. The summed E-state index contributed by atoms with van der Waals surface area (Å²) in [6.45, 7) is 3.09. The Labute approximate surface area is 390 Å². The van der Waals surface area contributed by atoms with Crippen molar-refractivity contribution in [1.82, 2.24) is 0 Å². The molecule has 8 unspecified atom stereocenters. The lowest BCUT2D eigenvalue weighted by molar-refractivity contribution is -0.216. The number of phosphoric ester groups is 2. The fourth-order valence-electron chi connectivity index (χ4n) is 7.65. The molecule has 0 spiro atoms. The van der Waals surface area contributed by atoms with Gasteiger partial charge in [-0.15, -0.1) is 0 Å². The predicted octanol–water partition coefficient (Wildman–Crippen LogP) is 9.73. The van der Waals surface area contributed by atoms with Crippen LogP contribution in [0.15, 0.2) is 24.3 Å². The van der Waals surface area contributed by atoms with Gasteiger partial charge < -0.3 is 44.6 Å². The lowest BCUT2D eigenvalue weighted by atomic mass is 9.85. The van der Waals surface area contributed by atoms with Crippen LogP contribution < -0.4 is 0 Å². The molecule has 0 amide bonds. The molecule has 1 aliphatic carbocycles. The van der Waals surface area contributed by atoms with Crippen molar-refractivity contribution in [2.75, 3.05) is 13.2 Å². The van der Waals surface area contributed by atoms with E-state index >= 15 is 0 Å². The van der Waals surface area contributed by atoms with Gasteiger partial charge in [-0.05, 0) is 44.9 Å². The standard InChI is InChI=1S/C47H88O16P2/c1-3-5-7-9-11-13-15-17-19-20-22-23-25-27-29-31-33-35-40(48)59-37-39(61-41(49)36-34-32-30-28-26-24-21-18-16-14-12-10-8-6-4-2)38-60-65(57,58)63-47-44(52)42(50)43(51)46(45(47)53)62-64(54,55)56/h12,14,18,21,39,42-47,50-53H,3-11,13,15-17,19-20,22-38H2,1-2H3,(H,57,58)(H2,54,55,56). The molecule has 1 aliphatic rings. The number of esters is 2. The van der Waals surface area contributed by atoms with E-state index in [4.69, 9.17) is 18.5 Å². The molecule has 65 heavy (non-hydrogen) atoms.